The summed E-state index contributed by atoms with van der Waals surface area (Å²) in [4.78, 5) is 8.76. The highest BCUT2D eigenvalue weighted by molar-refractivity contribution is 7.15. The first-order valence-corrected chi connectivity index (χ1v) is 8.09. The third-order valence-corrected chi connectivity index (χ3v) is 5.43. The highest BCUT2D eigenvalue weighted by atomic mass is 32.1. The molecule has 1 saturated heterocycles. The van der Waals surface area contributed by atoms with Crippen LogP contribution in [0.4, 0.5) is 5.13 Å². The topological polar surface area (TPSA) is 42.2 Å². The van der Waals surface area contributed by atoms with Gasteiger partial charge in [-0.1, -0.05) is 13.3 Å². The number of rotatable bonds is 3. The molecule has 0 amide bonds. The van der Waals surface area contributed by atoms with E-state index in [1.54, 1.807) is 0 Å². The summed E-state index contributed by atoms with van der Waals surface area (Å²) in [5.41, 5.74) is 7.35. The summed E-state index contributed by atoms with van der Waals surface area (Å²) in [6, 6.07) is 0.188. The van der Waals surface area contributed by atoms with Gasteiger partial charge >= 0.3 is 0 Å². The van der Waals surface area contributed by atoms with E-state index in [1.807, 2.05) is 11.3 Å². The molecule has 0 aromatic carbocycles. The number of thiazole rings is 1. The maximum Gasteiger partial charge on any atom is 0.185 e. The van der Waals surface area contributed by atoms with Gasteiger partial charge in [0.15, 0.2) is 5.13 Å². The first-order chi connectivity index (χ1) is 8.78. The lowest BCUT2D eigenvalue weighted by Gasteiger charge is -2.16. The van der Waals surface area contributed by atoms with Crippen LogP contribution in [0.25, 0.3) is 0 Å². The van der Waals surface area contributed by atoms with Gasteiger partial charge in [-0.05, 0) is 38.0 Å². The predicted octanol–water partition coefficient (Wildman–Crippen LogP) is 3.11. The van der Waals surface area contributed by atoms with E-state index >= 15 is 0 Å². The van der Waals surface area contributed by atoms with E-state index in [1.165, 1.54) is 60.9 Å². The van der Waals surface area contributed by atoms with Crippen LogP contribution in [0.15, 0.2) is 0 Å². The summed E-state index contributed by atoms with van der Waals surface area (Å²) >= 11 is 1.89. The van der Waals surface area contributed by atoms with Crippen LogP contribution in [-0.2, 0) is 6.42 Å². The van der Waals surface area contributed by atoms with Crippen molar-refractivity contribution >= 4 is 16.5 Å². The highest BCUT2D eigenvalue weighted by Gasteiger charge is 2.27. The van der Waals surface area contributed by atoms with Crippen LogP contribution in [0.3, 0.4) is 0 Å². The molecule has 1 aliphatic heterocycles. The van der Waals surface area contributed by atoms with Crippen molar-refractivity contribution < 1.29 is 0 Å². The van der Waals surface area contributed by atoms with Crippen LogP contribution < -0.4 is 10.6 Å². The largest absolute Gasteiger partial charge is 0.348 e. The average molecular weight is 265 g/mol. The molecular weight excluding hydrogens is 242 g/mol. The van der Waals surface area contributed by atoms with Gasteiger partial charge in [0.2, 0.25) is 0 Å². The standard InChI is InChI=1S/C14H23N3S/c1-2-4-10-7-8-17(9-10)14-16-13-11(15)5-3-6-12(13)18-14/h10-11H,2-9,15H2,1H3. The monoisotopic (exact) mass is 265 g/mol. The minimum atomic E-state index is 0.188. The molecule has 0 saturated carbocycles. The molecule has 1 aromatic heterocycles. The Balaban J connectivity index is 1.74. The molecular formula is C14H23N3S. The molecule has 18 heavy (non-hydrogen) atoms. The quantitative estimate of drug-likeness (QED) is 0.913. The molecule has 1 fully saturated rings. The van der Waals surface area contributed by atoms with Gasteiger partial charge < -0.3 is 10.6 Å². The van der Waals surface area contributed by atoms with Crippen molar-refractivity contribution in [3.8, 4) is 0 Å². The fraction of sp³-hybridized carbons (Fsp3) is 0.786. The summed E-state index contributed by atoms with van der Waals surface area (Å²) < 4.78 is 0. The Morgan fingerprint density at radius 1 is 1.44 bits per heavy atom. The van der Waals surface area contributed by atoms with Crippen LogP contribution >= 0.6 is 11.3 Å². The number of anilines is 1. The van der Waals surface area contributed by atoms with Gasteiger partial charge in [-0.25, -0.2) is 4.98 Å². The van der Waals surface area contributed by atoms with Gasteiger partial charge in [0.1, 0.15) is 0 Å². The Morgan fingerprint density at radius 3 is 3.11 bits per heavy atom. The maximum absolute atomic E-state index is 6.16. The summed E-state index contributed by atoms with van der Waals surface area (Å²) in [5.74, 6) is 0.879. The molecule has 0 spiro atoms. The molecule has 3 nitrogen and oxygen atoms in total. The molecule has 2 N–H and O–H groups in total. The zero-order chi connectivity index (χ0) is 12.5. The summed E-state index contributed by atoms with van der Waals surface area (Å²) in [5, 5.41) is 1.23. The fourth-order valence-electron chi connectivity index (χ4n) is 3.22. The van der Waals surface area contributed by atoms with Crippen molar-refractivity contribution in [3.05, 3.63) is 10.6 Å². The molecule has 1 aliphatic carbocycles. The molecule has 2 aliphatic rings. The number of aryl methyl sites for hydroxylation is 1. The Bertz CT molecular complexity index is 415. The molecule has 0 bridgehead atoms. The Hall–Kier alpha value is -0.610. The first kappa shape index (κ1) is 12.4. The fourth-order valence-corrected chi connectivity index (χ4v) is 4.43. The van der Waals surface area contributed by atoms with Crippen LogP contribution in [-0.4, -0.2) is 18.1 Å². The summed E-state index contributed by atoms with van der Waals surface area (Å²) in [6.45, 7) is 4.67. The molecule has 0 radical (unpaired) electrons. The number of aromatic nitrogens is 1. The minimum Gasteiger partial charge on any atom is -0.348 e. The van der Waals surface area contributed by atoms with E-state index in [4.69, 9.17) is 10.7 Å². The van der Waals surface area contributed by atoms with Crippen molar-refractivity contribution in [1.29, 1.82) is 0 Å². The molecule has 100 valence electrons. The second kappa shape index (κ2) is 5.17. The van der Waals surface area contributed by atoms with Crippen LogP contribution in [0.2, 0.25) is 0 Å². The van der Waals surface area contributed by atoms with E-state index < -0.39 is 0 Å². The lowest BCUT2D eigenvalue weighted by atomic mass is 9.99. The van der Waals surface area contributed by atoms with Gasteiger partial charge in [0.25, 0.3) is 0 Å². The number of nitrogens with zero attached hydrogens (tertiary/aromatic N) is 2. The molecule has 2 atom stereocenters. The number of nitrogens with two attached hydrogens (primary N) is 1. The lowest BCUT2D eigenvalue weighted by molar-refractivity contribution is 0.529. The highest BCUT2D eigenvalue weighted by Crippen LogP contribution is 2.37. The van der Waals surface area contributed by atoms with Crippen LogP contribution in [0.1, 0.15) is 55.6 Å². The Morgan fingerprint density at radius 2 is 2.33 bits per heavy atom. The first-order valence-electron chi connectivity index (χ1n) is 7.28. The second-order valence-electron chi connectivity index (χ2n) is 5.69. The van der Waals surface area contributed by atoms with E-state index in [2.05, 4.69) is 11.8 Å². The zero-order valence-electron chi connectivity index (χ0n) is 11.2. The number of fused-ring (bicyclic) bond motifs is 1. The Labute approximate surface area is 113 Å². The molecule has 3 rings (SSSR count). The lowest BCUT2D eigenvalue weighted by Crippen LogP contribution is -2.20. The van der Waals surface area contributed by atoms with Crippen molar-refractivity contribution in [3.63, 3.8) is 0 Å². The SMILES string of the molecule is CCCC1CCN(c2nc3c(s2)CCCC3N)C1. The van der Waals surface area contributed by atoms with Gasteiger partial charge in [0, 0.05) is 24.0 Å². The van der Waals surface area contributed by atoms with Gasteiger partial charge in [-0.15, -0.1) is 11.3 Å². The predicted molar refractivity (Wildman–Crippen MR) is 77.2 cm³/mol. The van der Waals surface area contributed by atoms with Gasteiger partial charge in [-0.2, -0.15) is 0 Å². The van der Waals surface area contributed by atoms with E-state index in [9.17, 15) is 0 Å². The van der Waals surface area contributed by atoms with E-state index in [0.717, 1.165) is 12.3 Å². The van der Waals surface area contributed by atoms with Crippen molar-refractivity contribution in [2.75, 3.05) is 18.0 Å². The average Bonchev–Trinajstić information content (AvgIpc) is 2.96. The third-order valence-electron chi connectivity index (χ3n) is 4.24. The second-order valence-corrected chi connectivity index (χ2v) is 6.76. The molecule has 1 aromatic rings. The van der Waals surface area contributed by atoms with Gasteiger partial charge in [0.05, 0.1) is 5.69 Å². The van der Waals surface area contributed by atoms with Crippen molar-refractivity contribution in [1.82, 2.24) is 4.98 Å². The van der Waals surface area contributed by atoms with Crippen molar-refractivity contribution in [2.24, 2.45) is 11.7 Å². The van der Waals surface area contributed by atoms with E-state index in [-0.39, 0.29) is 6.04 Å². The maximum atomic E-state index is 6.16. The molecule has 2 unspecified atom stereocenters. The Kier molecular flexibility index (Phi) is 3.57. The summed E-state index contributed by atoms with van der Waals surface area (Å²) in [7, 11) is 0. The third kappa shape index (κ3) is 2.28. The van der Waals surface area contributed by atoms with Crippen LogP contribution in [0.5, 0.6) is 0 Å². The van der Waals surface area contributed by atoms with Gasteiger partial charge in [-0.3, -0.25) is 0 Å². The van der Waals surface area contributed by atoms with Crippen LogP contribution in [0, 0.1) is 5.92 Å². The molecule has 4 heteroatoms. The summed E-state index contributed by atoms with van der Waals surface area (Å²) in [6.07, 6.45) is 7.53. The minimum absolute atomic E-state index is 0.188. The van der Waals surface area contributed by atoms with E-state index in [0.29, 0.717) is 0 Å². The zero-order valence-corrected chi connectivity index (χ0v) is 12.0. The molecule has 2 heterocycles. The van der Waals surface area contributed by atoms with Crippen molar-refractivity contribution in [2.45, 2.75) is 51.5 Å². The smallest absolute Gasteiger partial charge is 0.185 e. The number of hydrogen-bond donors (Lipinski definition) is 1. The normalized spacial score (nSPS) is 27.6. The number of hydrogen-bond acceptors (Lipinski definition) is 4.